The topological polar surface area (TPSA) is 49.3 Å². The van der Waals surface area contributed by atoms with Crippen LogP contribution in [-0.4, -0.2) is 17.6 Å². The van der Waals surface area contributed by atoms with Crippen LogP contribution in [0.4, 0.5) is 0 Å². The van der Waals surface area contributed by atoms with Gasteiger partial charge < -0.3 is 5.11 Å². The lowest BCUT2D eigenvalue weighted by Gasteiger charge is -2.26. The van der Waals surface area contributed by atoms with Gasteiger partial charge in [0.15, 0.2) is 0 Å². The highest BCUT2D eigenvalue weighted by atomic mass is 35.5. The second-order valence-electron chi connectivity index (χ2n) is 5.59. The van der Waals surface area contributed by atoms with E-state index in [1.165, 1.54) is 25.7 Å². The zero-order valence-corrected chi connectivity index (χ0v) is 10.3. The third-order valence-electron chi connectivity index (χ3n) is 4.42. The van der Waals surface area contributed by atoms with E-state index in [2.05, 4.69) is 4.84 Å². The van der Waals surface area contributed by atoms with Crippen LogP contribution in [0.2, 0.25) is 0 Å². The van der Waals surface area contributed by atoms with E-state index in [0.29, 0.717) is 6.54 Å². The van der Waals surface area contributed by atoms with E-state index < -0.39 is 5.97 Å². The van der Waals surface area contributed by atoms with Gasteiger partial charge in [-0.05, 0) is 41.9 Å². The standard InChI is InChI=1S/C12H20ClNO2/c13-14-8-12(7-11(15)16)5-9-3-1-2-4-10(9)6-12/h9-10,14H,1-8H2,(H,15,16)/t9-,10+,12?. The lowest BCUT2D eigenvalue weighted by molar-refractivity contribution is -0.139. The van der Waals surface area contributed by atoms with Crippen molar-refractivity contribution in [2.45, 2.75) is 44.9 Å². The van der Waals surface area contributed by atoms with E-state index in [4.69, 9.17) is 16.9 Å². The number of hydrogen-bond donors (Lipinski definition) is 2. The van der Waals surface area contributed by atoms with Crippen molar-refractivity contribution in [3.8, 4) is 0 Å². The zero-order chi connectivity index (χ0) is 11.6. The maximum absolute atomic E-state index is 11.0. The quantitative estimate of drug-likeness (QED) is 0.749. The second-order valence-corrected chi connectivity index (χ2v) is 5.86. The Morgan fingerprint density at radius 2 is 1.88 bits per heavy atom. The Bertz CT molecular complexity index is 256. The summed E-state index contributed by atoms with van der Waals surface area (Å²) in [6, 6.07) is 0. The van der Waals surface area contributed by atoms with E-state index in [-0.39, 0.29) is 11.8 Å². The minimum Gasteiger partial charge on any atom is -0.481 e. The molecule has 0 heterocycles. The normalized spacial score (nSPS) is 38.3. The molecular formula is C12H20ClNO2. The molecular weight excluding hydrogens is 226 g/mol. The van der Waals surface area contributed by atoms with Crippen LogP contribution < -0.4 is 4.84 Å². The lowest BCUT2D eigenvalue weighted by Crippen LogP contribution is -2.31. The first-order valence-corrected chi connectivity index (χ1v) is 6.58. The molecule has 0 aromatic carbocycles. The molecule has 2 N–H and O–H groups in total. The molecule has 2 rings (SSSR count). The predicted molar refractivity (Wildman–Crippen MR) is 63.2 cm³/mol. The molecule has 16 heavy (non-hydrogen) atoms. The number of aliphatic carboxylic acids is 1. The molecule has 1 unspecified atom stereocenters. The molecule has 92 valence electrons. The molecule has 0 saturated heterocycles. The minimum atomic E-state index is -0.689. The van der Waals surface area contributed by atoms with Crippen molar-refractivity contribution >= 4 is 17.7 Å². The van der Waals surface area contributed by atoms with E-state index in [0.717, 1.165) is 24.7 Å². The summed E-state index contributed by atoms with van der Waals surface area (Å²) in [6.07, 6.45) is 7.56. The molecule has 4 heteroatoms. The molecule has 0 radical (unpaired) electrons. The molecule has 3 atom stereocenters. The summed E-state index contributed by atoms with van der Waals surface area (Å²) >= 11 is 5.61. The molecule has 2 aliphatic rings. The van der Waals surface area contributed by atoms with Crippen LogP contribution in [0.25, 0.3) is 0 Å². The summed E-state index contributed by atoms with van der Waals surface area (Å²) in [6.45, 7) is 0.633. The van der Waals surface area contributed by atoms with Gasteiger partial charge in [0.2, 0.25) is 0 Å². The van der Waals surface area contributed by atoms with Gasteiger partial charge in [0.05, 0.1) is 6.42 Å². The molecule has 2 saturated carbocycles. The Labute approximate surface area is 102 Å². The number of carbonyl (C=O) groups is 1. The molecule has 2 fully saturated rings. The Morgan fingerprint density at radius 3 is 2.31 bits per heavy atom. The Hall–Kier alpha value is -0.280. The summed E-state index contributed by atoms with van der Waals surface area (Å²) in [4.78, 5) is 13.6. The van der Waals surface area contributed by atoms with Crippen LogP contribution in [-0.2, 0) is 4.79 Å². The van der Waals surface area contributed by atoms with Gasteiger partial charge in [0.1, 0.15) is 0 Å². The van der Waals surface area contributed by atoms with Gasteiger partial charge in [-0.1, -0.05) is 25.7 Å². The van der Waals surface area contributed by atoms with Crippen molar-refractivity contribution in [1.82, 2.24) is 4.84 Å². The summed E-state index contributed by atoms with van der Waals surface area (Å²) in [5.41, 5.74) is -0.0900. The highest BCUT2D eigenvalue weighted by molar-refractivity contribution is 6.13. The smallest absolute Gasteiger partial charge is 0.303 e. The van der Waals surface area contributed by atoms with Gasteiger partial charge in [-0.15, -0.1) is 0 Å². The molecule has 0 spiro atoms. The highest BCUT2D eigenvalue weighted by Crippen LogP contribution is 2.52. The number of nitrogens with one attached hydrogen (secondary N) is 1. The fourth-order valence-electron chi connectivity index (χ4n) is 3.83. The lowest BCUT2D eigenvalue weighted by atomic mass is 9.81. The van der Waals surface area contributed by atoms with Crippen LogP contribution >= 0.6 is 11.8 Å². The summed E-state index contributed by atoms with van der Waals surface area (Å²) in [7, 11) is 0. The Morgan fingerprint density at radius 1 is 1.31 bits per heavy atom. The Balaban J connectivity index is 2.06. The van der Waals surface area contributed by atoms with Gasteiger partial charge in [0.25, 0.3) is 0 Å². The van der Waals surface area contributed by atoms with Crippen molar-refractivity contribution < 1.29 is 9.90 Å². The van der Waals surface area contributed by atoms with Crippen molar-refractivity contribution in [2.24, 2.45) is 17.3 Å². The van der Waals surface area contributed by atoms with Crippen LogP contribution in [0.1, 0.15) is 44.9 Å². The van der Waals surface area contributed by atoms with Crippen molar-refractivity contribution in [3.63, 3.8) is 0 Å². The second kappa shape index (κ2) is 4.92. The third kappa shape index (κ3) is 2.51. The monoisotopic (exact) mass is 245 g/mol. The Kier molecular flexibility index (Phi) is 3.75. The van der Waals surface area contributed by atoms with Gasteiger partial charge in [0, 0.05) is 6.54 Å². The summed E-state index contributed by atoms with van der Waals surface area (Å²) in [5, 5.41) is 9.03. The average molecular weight is 246 g/mol. The third-order valence-corrected chi connectivity index (χ3v) is 4.56. The minimum absolute atomic E-state index is 0.0900. The van der Waals surface area contributed by atoms with Gasteiger partial charge in [-0.2, -0.15) is 0 Å². The largest absolute Gasteiger partial charge is 0.481 e. The van der Waals surface area contributed by atoms with Crippen LogP contribution in [0.3, 0.4) is 0 Å². The summed E-state index contributed by atoms with van der Waals surface area (Å²) < 4.78 is 0. The van der Waals surface area contributed by atoms with Gasteiger partial charge in [-0.25, -0.2) is 4.84 Å². The first-order chi connectivity index (χ1) is 7.65. The van der Waals surface area contributed by atoms with Gasteiger partial charge in [-0.3, -0.25) is 4.79 Å². The van der Waals surface area contributed by atoms with Crippen LogP contribution in [0.15, 0.2) is 0 Å². The van der Waals surface area contributed by atoms with Crippen molar-refractivity contribution in [3.05, 3.63) is 0 Å². The van der Waals surface area contributed by atoms with Crippen molar-refractivity contribution in [2.75, 3.05) is 6.54 Å². The summed E-state index contributed by atoms with van der Waals surface area (Å²) in [5.74, 6) is 0.807. The number of halogens is 1. The number of carboxylic acid groups (broad SMARTS) is 1. The number of fused-ring (bicyclic) bond motifs is 1. The average Bonchev–Trinajstić information content (AvgIpc) is 2.54. The number of rotatable bonds is 4. The first kappa shape index (κ1) is 12.2. The number of carboxylic acids is 1. The van der Waals surface area contributed by atoms with E-state index in [1.807, 2.05) is 0 Å². The molecule has 0 amide bonds. The fraction of sp³-hybridized carbons (Fsp3) is 0.917. The van der Waals surface area contributed by atoms with Crippen LogP contribution in [0.5, 0.6) is 0 Å². The van der Waals surface area contributed by atoms with E-state index in [1.54, 1.807) is 0 Å². The molecule has 0 aromatic rings. The first-order valence-electron chi connectivity index (χ1n) is 6.20. The molecule has 0 aliphatic heterocycles. The van der Waals surface area contributed by atoms with E-state index >= 15 is 0 Å². The maximum Gasteiger partial charge on any atom is 0.303 e. The molecule has 3 nitrogen and oxygen atoms in total. The predicted octanol–water partition coefficient (Wildman–Crippen LogP) is 2.79. The molecule has 0 bridgehead atoms. The fourth-order valence-corrected chi connectivity index (χ4v) is 4.11. The zero-order valence-electron chi connectivity index (χ0n) is 9.54. The maximum atomic E-state index is 11.0. The van der Waals surface area contributed by atoms with E-state index in [9.17, 15) is 4.79 Å². The molecule has 2 aliphatic carbocycles. The molecule has 0 aromatic heterocycles. The van der Waals surface area contributed by atoms with Crippen molar-refractivity contribution in [1.29, 1.82) is 0 Å². The number of hydrogen-bond acceptors (Lipinski definition) is 2. The highest BCUT2D eigenvalue weighted by Gasteiger charge is 2.46. The SMILES string of the molecule is O=C(O)CC1(CNCl)C[C@H]2CCCC[C@H]2C1. The van der Waals surface area contributed by atoms with Gasteiger partial charge >= 0.3 is 5.97 Å². The van der Waals surface area contributed by atoms with Crippen LogP contribution in [0, 0.1) is 17.3 Å².